The average Bonchev–Trinajstić information content (AvgIpc) is 2.61. The summed E-state index contributed by atoms with van der Waals surface area (Å²) in [4.78, 5) is 0. The Morgan fingerprint density at radius 3 is 2.43 bits per heavy atom. The lowest BCUT2D eigenvalue weighted by atomic mass is 9.85. The first-order valence-corrected chi connectivity index (χ1v) is 8.67. The quantitative estimate of drug-likeness (QED) is 0.634. The van der Waals surface area contributed by atoms with Crippen LogP contribution in [0.1, 0.15) is 55.2 Å². The zero-order valence-electron chi connectivity index (χ0n) is 13.5. The van der Waals surface area contributed by atoms with Crippen molar-refractivity contribution in [1.29, 1.82) is 0 Å². The molecule has 0 aliphatic heterocycles. The Morgan fingerprint density at radius 2 is 1.70 bits per heavy atom. The van der Waals surface area contributed by atoms with Crippen LogP contribution >= 0.6 is 0 Å². The topological polar surface area (TPSA) is 0 Å². The molecule has 0 spiro atoms. The molecule has 1 heteroatoms. The SMILES string of the molecule is Fc1cc(CCC2CCCCC2)ccc1C#Cc1ccccc1. The van der Waals surface area contributed by atoms with Gasteiger partial charge in [-0.3, -0.25) is 0 Å². The Labute approximate surface area is 138 Å². The van der Waals surface area contributed by atoms with Crippen molar-refractivity contribution in [3.05, 3.63) is 71.0 Å². The van der Waals surface area contributed by atoms with E-state index in [9.17, 15) is 4.39 Å². The van der Waals surface area contributed by atoms with Gasteiger partial charge in [0.2, 0.25) is 0 Å². The average molecular weight is 306 g/mol. The second kappa shape index (κ2) is 7.97. The van der Waals surface area contributed by atoms with Gasteiger partial charge >= 0.3 is 0 Å². The van der Waals surface area contributed by atoms with Crippen molar-refractivity contribution in [2.75, 3.05) is 0 Å². The predicted molar refractivity (Wildman–Crippen MR) is 93.7 cm³/mol. The van der Waals surface area contributed by atoms with E-state index in [2.05, 4.69) is 11.8 Å². The Morgan fingerprint density at radius 1 is 0.913 bits per heavy atom. The maximum absolute atomic E-state index is 14.2. The van der Waals surface area contributed by atoms with E-state index in [1.807, 2.05) is 42.5 Å². The van der Waals surface area contributed by atoms with E-state index < -0.39 is 0 Å². The van der Waals surface area contributed by atoms with Gasteiger partial charge in [-0.15, -0.1) is 0 Å². The third kappa shape index (κ3) is 4.70. The fourth-order valence-electron chi connectivity index (χ4n) is 3.32. The lowest BCUT2D eigenvalue weighted by Crippen LogP contribution is -2.07. The summed E-state index contributed by atoms with van der Waals surface area (Å²) < 4.78 is 14.2. The Bertz CT molecular complexity index is 685. The molecule has 3 rings (SSSR count). The molecular weight excluding hydrogens is 283 g/mol. The first kappa shape index (κ1) is 15.8. The van der Waals surface area contributed by atoms with E-state index in [-0.39, 0.29) is 5.82 Å². The van der Waals surface area contributed by atoms with Gasteiger partial charge in [-0.25, -0.2) is 4.39 Å². The normalized spacial score (nSPS) is 15.0. The van der Waals surface area contributed by atoms with Gasteiger partial charge in [0, 0.05) is 5.56 Å². The highest BCUT2D eigenvalue weighted by Crippen LogP contribution is 2.27. The maximum Gasteiger partial charge on any atom is 0.139 e. The van der Waals surface area contributed by atoms with Crippen LogP contribution in [0, 0.1) is 23.6 Å². The number of hydrogen-bond donors (Lipinski definition) is 0. The van der Waals surface area contributed by atoms with Crippen LogP contribution in [0.15, 0.2) is 48.5 Å². The summed E-state index contributed by atoms with van der Waals surface area (Å²) in [5, 5.41) is 0. The molecule has 0 saturated heterocycles. The van der Waals surface area contributed by atoms with Gasteiger partial charge in [0.1, 0.15) is 5.82 Å². The highest BCUT2D eigenvalue weighted by atomic mass is 19.1. The van der Waals surface area contributed by atoms with Crippen LogP contribution in [0.5, 0.6) is 0 Å². The molecule has 2 aromatic carbocycles. The highest BCUT2D eigenvalue weighted by molar-refractivity contribution is 5.44. The van der Waals surface area contributed by atoms with Crippen molar-refractivity contribution in [3.63, 3.8) is 0 Å². The van der Waals surface area contributed by atoms with E-state index in [0.717, 1.165) is 23.5 Å². The van der Waals surface area contributed by atoms with Crippen LogP contribution < -0.4 is 0 Å². The van der Waals surface area contributed by atoms with Crippen LogP contribution in [-0.4, -0.2) is 0 Å². The predicted octanol–water partition coefficient (Wildman–Crippen LogP) is 5.74. The summed E-state index contributed by atoms with van der Waals surface area (Å²) in [5.74, 6) is 6.59. The highest BCUT2D eigenvalue weighted by Gasteiger charge is 2.13. The summed E-state index contributed by atoms with van der Waals surface area (Å²) in [6, 6.07) is 15.2. The molecule has 2 aromatic rings. The lowest BCUT2D eigenvalue weighted by molar-refractivity contribution is 0.339. The van der Waals surface area contributed by atoms with E-state index in [0.29, 0.717) is 5.56 Å². The Hall–Kier alpha value is -2.07. The molecule has 0 amide bonds. The largest absolute Gasteiger partial charge is 0.206 e. The third-order valence-corrected chi connectivity index (χ3v) is 4.71. The van der Waals surface area contributed by atoms with Gasteiger partial charge in [-0.2, -0.15) is 0 Å². The molecule has 0 N–H and O–H groups in total. The van der Waals surface area contributed by atoms with Crippen molar-refractivity contribution >= 4 is 0 Å². The molecule has 0 unspecified atom stereocenters. The third-order valence-electron chi connectivity index (χ3n) is 4.71. The fraction of sp³-hybridized carbons (Fsp3) is 0.364. The summed E-state index contributed by atoms with van der Waals surface area (Å²) in [5.41, 5.74) is 2.49. The van der Waals surface area contributed by atoms with Crippen LogP contribution in [-0.2, 0) is 6.42 Å². The van der Waals surface area contributed by atoms with E-state index in [1.165, 1.54) is 38.5 Å². The zero-order chi connectivity index (χ0) is 15.9. The van der Waals surface area contributed by atoms with Crippen molar-refractivity contribution in [3.8, 4) is 11.8 Å². The van der Waals surface area contributed by atoms with Gasteiger partial charge in [-0.05, 0) is 48.6 Å². The standard InChI is InChI=1S/C22H23F/c23-22-17-20(12-11-18-7-3-1-4-8-18)14-16-21(22)15-13-19-9-5-2-6-10-19/h2,5-6,9-10,14,16-18H,1,3-4,7-8,11-12H2. The molecule has 0 radical (unpaired) electrons. The first-order valence-electron chi connectivity index (χ1n) is 8.67. The molecule has 0 aromatic heterocycles. The van der Waals surface area contributed by atoms with Gasteiger partial charge in [0.05, 0.1) is 5.56 Å². The summed E-state index contributed by atoms with van der Waals surface area (Å²) >= 11 is 0. The molecule has 1 fully saturated rings. The summed E-state index contributed by atoms with van der Waals surface area (Å²) in [6.45, 7) is 0. The molecule has 0 heterocycles. The van der Waals surface area contributed by atoms with Crippen LogP contribution in [0.2, 0.25) is 0 Å². The zero-order valence-corrected chi connectivity index (χ0v) is 13.5. The number of aryl methyl sites for hydroxylation is 1. The molecular formula is C22H23F. The van der Waals surface area contributed by atoms with Gasteiger partial charge < -0.3 is 0 Å². The Kier molecular flexibility index (Phi) is 5.48. The van der Waals surface area contributed by atoms with E-state index in [1.54, 1.807) is 6.07 Å². The number of rotatable bonds is 3. The van der Waals surface area contributed by atoms with Gasteiger partial charge in [-0.1, -0.05) is 68.2 Å². The van der Waals surface area contributed by atoms with Crippen molar-refractivity contribution in [2.45, 2.75) is 44.9 Å². The van der Waals surface area contributed by atoms with Crippen molar-refractivity contribution in [1.82, 2.24) is 0 Å². The van der Waals surface area contributed by atoms with E-state index in [4.69, 9.17) is 0 Å². The van der Waals surface area contributed by atoms with Crippen LogP contribution in [0.3, 0.4) is 0 Å². The molecule has 23 heavy (non-hydrogen) atoms. The second-order valence-corrected chi connectivity index (χ2v) is 6.47. The maximum atomic E-state index is 14.2. The Balaban J connectivity index is 1.62. The number of benzene rings is 2. The summed E-state index contributed by atoms with van der Waals surface area (Å²) in [6.07, 6.45) is 8.99. The summed E-state index contributed by atoms with van der Waals surface area (Å²) in [7, 11) is 0. The van der Waals surface area contributed by atoms with Crippen molar-refractivity contribution < 1.29 is 4.39 Å². The number of hydrogen-bond acceptors (Lipinski definition) is 0. The van der Waals surface area contributed by atoms with Gasteiger partial charge in [0.25, 0.3) is 0 Å². The lowest BCUT2D eigenvalue weighted by Gasteiger charge is -2.21. The minimum Gasteiger partial charge on any atom is -0.206 e. The molecule has 0 bridgehead atoms. The molecule has 0 atom stereocenters. The first-order chi connectivity index (χ1) is 11.3. The van der Waals surface area contributed by atoms with E-state index >= 15 is 0 Å². The van der Waals surface area contributed by atoms with Crippen LogP contribution in [0.25, 0.3) is 0 Å². The molecule has 118 valence electrons. The van der Waals surface area contributed by atoms with Gasteiger partial charge in [0.15, 0.2) is 0 Å². The van der Waals surface area contributed by atoms with Crippen LogP contribution in [0.4, 0.5) is 4.39 Å². The molecule has 1 aliphatic rings. The minimum atomic E-state index is -0.199. The fourth-order valence-corrected chi connectivity index (χ4v) is 3.32. The second-order valence-electron chi connectivity index (χ2n) is 6.47. The minimum absolute atomic E-state index is 0.199. The molecule has 1 aliphatic carbocycles. The molecule has 1 saturated carbocycles. The monoisotopic (exact) mass is 306 g/mol. The van der Waals surface area contributed by atoms with Crippen molar-refractivity contribution in [2.24, 2.45) is 5.92 Å². The molecule has 0 nitrogen and oxygen atoms in total. The number of halogens is 1. The smallest absolute Gasteiger partial charge is 0.139 e.